The number of hydrogen-bond acceptors (Lipinski definition) is 3. The molecule has 0 aliphatic rings. The summed E-state index contributed by atoms with van der Waals surface area (Å²) in [6, 6.07) is 9.80. The second-order valence-corrected chi connectivity index (χ2v) is 3.88. The van der Waals surface area contributed by atoms with Gasteiger partial charge in [0.25, 0.3) is 0 Å². The van der Waals surface area contributed by atoms with Gasteiger partial charge in [-0.2, -0.15) is 5.26 Å². The van der Waals surface area contributed by atoms with E-state index in [-0.39, 0.29) is 0 Å². The Labute approximate surface area is 101 Å². The largest absolute Gasteiger partial charge is 0.468 e. The van der Waals surface area contributed by atoms with Crippen molar-refractivity contribution in [2.24, 2.45) is 0 Å². The van der Waals surface area contributed by atoms with E-state index in [0.717, 1.165) is 10.3 Å². The number of imidazole rings is 1. The Morgan fingerprint density at radius 2 is 2.31 bits per heavy atom. The summed E-state index contributed by atoms with van der Waals surface area (Å²) in [5.74, 6) is 0. The molecule has 0 aliphatic carbocycles. The molecule has 5 heteroatoms. The van der Waals surface area contributed by atoms with Crippen molar-refractivity contribution in [2.45, 2.75) is 0 Å². The Bertz CT molecular complexity index is 557. The summed E-state index contributed by atoms with van der Waals surface area (Å²) in [7, 11) is 1.55. The molecule has 0 spiro atoms. The average Bonchev–Trinajstić information content (AvgIpc) is 2.70. The highest BCUT2D eigenvalue weighted by Crippen LogP contribution is 2.24. The minimum absolute atomic E-state index is 0.474. The summed E-state index contributed by atoms with van der Waals surface area (Å²) in [6.45, 7) is 0. The highest BCUT2D eigenvalue weighted by atomic mass is 79.9. The lowest BCUT2D eigenvalue weighted by Gasteiger charge is -2.07. The monoisotopic (exact) mass is 277 g/mol. The Hall–Kier alpha value is -1.80. The number of aromatic nitrogens is 2. The summed E-state index contributed by atoms with van der Waals surface area (Å²) in [5.41, 5.74) is 1.43. The Morgan fingerprint density at radius 3 is 3.00 bits per heavy atom. The van der Waals surface area contributed by atoms with Crippen molar-refractivity contribution in [3.63, 3.8) is 0 Å². The number of halogens is 1. The first-order valence-electron chi connectivity index (χ1n) is 4.54. The van der Waals surface area contributed by atoms with E-state index >= 15 is 0 Å². The van der Waals surface area contributed by atoms with Crippen molar-refractivity contribution >= 4 is 15.9 Å². The Morgan fingerprint density at radius 1 is 1.50 bits per heavy atom. The first-order valence-corrected chi connectivity index (χ1v) is 5.33. The fourth-order valence-corrected chi connectivity index (χ4v) is 1.87. The van der Waals surface area contributed by atoms with E-state index in [1.807, 2.05) is 12.1 Å². The average molecular weight is 278 g/mol. The molecule has 80 valence electrons. The number of nitriles is 1. The van der Waals surface area contributed by atoms with E-state index in [4.69, 9.17) is 10.00 Å². The van der Waals surface area contributed by atoms with E-state index in [1.54, 1.807) is 30.0 Å². The van der Waals surface area contributed by atoms with E-state index in [2.05, 4.69) is 27.0 Å². The van der Waals surface area contributed by atoms with Crippen LogP contribution in [-0.2, 0) is 0 Å². The molecule has 0 aliphatic heterocycles. The Balaban J connectivity index is 2.58. The van der Waals surface area contributed by atoms with Crippen molar-refractivity contribution in [3.05, 3.63) is 40.6 Å². The molecule has 0 fully saturated rings. The molecule has 0 radical (unpaired) electrons. The van der Waals surface area contributed by atoms with Gasteiger partial charge in [0, 0.05) is 0 Å². The first kappa shape index (κ1) is 10.7. The topological polar surface area (TPSA) is 50.8 Å². The maximum absolute atomic E-state index is 8.84. The molecule has 16 heavy (non-hydrogen) atoms. The van der Waals surface area contributed by atoms with Crippen LogP contribution in [0.5, 0.6) is 6.01 Å². The maximum Gasteiger partial charge on any atom is 0.301 e. The fraction of sp³-hybridized carbons (Fsp3) is 0.0909. The van der Waals surface area contributed by atoms with Gasteiger partial charge in [0.15, 0.2) is 0 Å². The molecule has 0 amide bonds. The summed E-state index contributed by atoms with van der Waals surface area (Å²) in [6.07, 6.45) is 1.65. The lowest BCUT2D eigenvalue weighted by Crippen LogP contribution is -1.99. The van der Waals surface area contributed by atoms with Gasteiger partial charge in [-0.25, -0.2) is 4.98 Å². The molecular weight excluding hydrogens is 270 g/mol. The molecule has 4 nitrogen and oxygen atoms in total. The van der Waals surface area contributed by atoms with Gasteiger partial charge in [-0.1, -0.05) is 6.07 Å². The molecule has 2 rings (SSSR count). The second-order valence-electron chi connectivity index (χ2n) is 3.07. The van der Waals surface area contributed by atoms with Gasteiger partial charge in [-0.15, -0.1) is 0 Å². The molecule has 1 aromatic carbocycles. The minimum atomic E-state index is 0.474. The maximum atomic E-state index is 8.84. The minimum Gasteiger partial charge on any atom is -0.468 e. The quantitative estimate of drug-likeness (QED) is 0.848. The van der Waals surface area contributed by atoms with Gasteiger partial charge in [0.1, 0.15) is 4.60 Å². The molecule has 0 unspecified atom stereocenters. The van der Waals surface area contributed by atoms with Crippen LogP contribution in [0.15, 0.2) is 35.1 Å². The highest BCUT2D eigenvalue weighted by molar-refractivity contribution is 9.10. The Kier molecular flexibility index (Phi) is 2.93. The zero-order valence-corrected chi connectivity index (χ0v) is 10.1. The molecule has 0 bridgehead atoms. The van der Waals surface area contributed by atoms with Crippen molar-refractivity contribution in [2.75, 3.05) is 7.11 Å². The van der Waals surface area contributed by atoms with Crippen LogP contribution in [0, 0.1) is 11.3 Å². The predicted molar refractivity (Wildman–Crippen MR) is 62.5 cm³/mol. The van der Waals surface area contributed by atoms with Crippen LogP contribution in [0.4, 0.5) is 0 Å². The molecule has 2 aromatic rings. The van der Waals surface area contributed by atoms with Gasteiger partial charge in [0.2, 0.25) is 0 Å². The first-order chi connectivity index (χ1) is 7.76. The summed E-state index contributed by atoms with van der Waals surface area (Å²) >= 11 is 3.38. The third kappa shape index (κ3) is 1.79. The molecule has 0 saturated heterocycles. The van der Waals surface area contributed by atoms with Gasteiger partial charge < -0.3 is 4.74 Å². The van der Waals surface area contributed by atoms with E-state index in [0.29, 0.717) is 11.6 Å². The number of ether oxygens (including phenoxy) is 1. The van der Waals surface area contributed by atoms with Gasteiger partial charge >= 0.3 is 6.01 Å². The molecular formula is C11H8BrN3O. The van der Waals surface area contributed by atoms with Crippen molar-refractivity contribution in [3.8, 4) is 17.8 Å². The zero-order valence-electron chi connectivity index (χ0n) is 8.51. The highest BCUT2D eigenvalue weighted by Gasteiger charge is 2.10. The summed E-state index contributed by atoms with van der Waals surface area (Å²) in [4.78, 5) is 4.08. The zero-order chi connectivity index (χ0) is 11.5. The van der Waals surface area contributed by atoms with Crippen molar-refractivity contribution in [1.82, 2.24) is 9.55 Å². The summed E-state index contributed by atoms with van der Waals surface area (Å²) in [5, 5.41) is 8.84. The van der Waals surface area contributed by atoms with Gasteiger partial charge in [0.05, 0.1) is 30.6 Å². The van der Waals surface area contributed by atoms with Crippen LogP contribution in [0.2, 0.25) is 0 Å². The van der Waals surface area contributed by atoms with Gasteiger partial charge in [-0.05, 0) is 34.1 Å². The van der Waals surface area contributed by atoms with Crippen LogP contribution >= 0.6 is 15.9 Å². The van der Waals surface area contributed by atoms with E-state index in [1.165, 1.54) is 0 Å². The number of rotatable bonds is 2. The normalized spacial score (nSPS) is 9.81. The third-order valence-corrected chi connectivity index (χ3v) is 2.66. The number of hydrogen-bond donors (Lipinski definition) is 0. The number of benzene rings is 1. The lowest BCUT2D eigenvalue weighted by atomic mass is 10.2. The second kappa shape index (κ2) is 4.37. The van der Waals surface area contributed by atoms with Crippen LogP contribution in [0.3, 0.4) is 0 Å². The van der Waals surface area contributed by atoms with Crippen LogP contribution < -0.4 is 4.74 Å². The van der Waals surface area contributed by atoms with Crippen molar-refractivity contribution < 1.29 is 4.74 Å². The fourth-order valence-electron chi connectivity index (χ4n) is 1.41. The van der Waals surface area contributed by atoms with Crippen molar-refractivity contribution in [1.29, 1.82) is 5.26 Å². The SMILES string of the molecule is COc1ncc(Br)n1-c1cccc(C#N)c1. The molecule has 0 saturated carbocycles. The van der Waals surface area contributed by atoms with E-state index in [9.17, 15) is 0 Å². The molecule has 0 atom stereocenters. The molecule has 1 aromatic heterocycles. The van der Waals surface area contributed by atoms with Crippen LogP contribution in [-0.4, -0.2) is 16.7 Å². The van der Waals surface area contributed by atoms with E-state index < -0.39 is 0 Å². The standard InChI is InChI=1S/C11H8BrN3O/c1-16-11-14-7-10(12)15(11)9-4-2-3-8(5-9)6-13/h2-5,7H,1H3. The summed E-state index contributed by atoms with van der Waals surface area (Å²) < 4.78 is 7.69. The lowest BCUT2D eigenvalue weighted by molar-refractivity contribution is 0.373. The van der Waals surface area contributed by atoms with Gasteiger partial charge in [-0.3, -0.25) is 4.57 Å². The number of nitrogens with zero attached hydrogens (tertiary/aromatic N) is 3. The number of methoxy groups -OCH3 is 1. The van der Waals surface area contributed by atoms with Crippen LogP contribution in [0.25, 0.3) is 5.69 Å². The molecule has 1 heterocycles. The molecule has 0 N–H and O–H groups in total. The third-order valence-electron chi connectivity index (χ3n) is 2.10. The predicted octanol–water partition coefficient (Wildman–Crippen LogP) is 2.52. The smallest absolute Gasteiger partial charge is 0.301 e. The van der Waals surface area contributed by atoms with Crippen LogP contribution in [0.1, 0.15) is 5.56 Å².